The monoisotopic (exact) mass is 394 g/mol. The normalized spacial score (nSPS) is 12.8. The number of fused-ring (bicyclic) bond motifs is 1. The summed E-state index contributed by atoms with van der Waals surface area (Å²) in [5.41, 5.74) is 2.44. The minimum Gasteiger partial charge on any atom is -0.491 e. The molecule has 2 aromatic carbocycles. The minimum atomic E-state index is -0.292. The lowest BCUT2D eigenvalue weighted by Gasteiger charge is -2.14. The second-order valence-electron chi connectivity index (χ2n) is 7.16. The first-order valence-electron chi connectivity index (χ1n) is 9.99. The largest absolute Gasteiger partial charge is 0.491 e. The van der Waals surface area contributed by atoms with Gasteiger partial charge in [0.1, 0.15) is 5.75 Å². The topological polar surface area (TPSA) is 75.7 Å². The highest BCUT2D eigenvalue weighted by Crippen LogP contribution is 2.25. The number of unbranched alkanes of at least 4 members (excludes halogenated alkanes) is 1. The molecule has 0 saturated carbocycles. The first kappa shape index (κ1) is 20.6. The van der Waals surface area contributed by atoms with Crippen LogP contribution in [0.3, 0.4) is 0 Å². The molecule has 3 amide bonds. The summed E-state index contributed by atoms with van der Waals surface area (Å²) in [6, 6.07) is 12.6. The Labute approximate surface area is 170 Å². The van der Waals surface area contributed by atoms with Gasteiger partial charge in [-0.3, -0.25) is 19.3 Å². The Morgan fingerprint density at radius 1 is 1.03 bits per heavy atom. The number of para-hydroxylation sites is 2. The zero-order valence-corrected chi connectivity index (χ0v) is 16.9. The summed E-state index contributed by atoms with van der Waals surface area (Å²) in [7, 11) is 0. The molecule has 1 heterocycles. The summed E-state index contributed by atoms with van der Waals surface area (Å²) in [4.78, 5) is 38.5. The lowest BCUT2D eigenvalue weighted by Crippen LogP contribution is -2.31. The molecule has 1 aliphatic rings. The quantitative estimate of drug-likeness (QED) is 0.511. The number of aryl methyl sites for hydroxylation is 1. The van der Waals surface area contributed by atoms with Crippen molar-refractivity contribution in [1.29, 1.82) is 0 Å². The number of nitrogens with zero attached hydrogens (tertiary/aromatic N) is 1. The van der Waals surface area contributed by atoms with Gasteiger partial charge < -0.3 is 10.1 Å². The zero-order chi connectivity index (χ0) is 20.8. The molecular formula is C23H26N2O4. The highest BCUT2D eigenvalue weighted by atomic mass is 16.5. The molecule has 0 unspecified atom stereocenters. The van der Waals surface area contributed by atoms with Gasteiger partial charge in [-0.1, -0.05) is 37.1 Å². The fraction of sp³-hybridized carbons (Fsp3) is 0.348. The van der Waals surface area contributed by atoms with Crippen molar-refractivity contribution in [3.63, 3.8) is 0 Å². The highest BCUT2D eigenvalue weighted by Gasteiger charge is 2.34. The Kier molecular flexibility index (Phi) is 6.65. The number of carbonyl (C=O) groups is 3. The van der Waals surface area contributed by atoms with E-state index in [9.17, 15) is 14.4 Å². The molecule has 29 heavy (non-hydrogen) atoms. The molecule has 0 aliphatic carbocycles. The first-order valence-corrected chi connectivity index (χ1v) is 9.99. The lowest BCUT2D eigenvalue weighted by molar-refractivity contribution is -0.116. The molecule has 6 nitrogen and oxygen atoms in total. The van der Waals surface area contributed by atoms with Crippen LogP contribution in [0.1, 0.15) is 58.9 Å². The maximum atomic E-state index is 12.5. The van der Waals surface area contributed by atoms with E-state index in [0.29, 0.717) is 35.6 Å². The summed E-state index contributed by atoms with van der Waals surface area (Å²) in [5, 5.41) is 2.86. The minimum absolute atomic E-state index is 0.177. The SMILES string of the molecule is CCCCOc1ccccc1NC(=O)CCCN1C(=O)c2ccc(C)cc2C1=O. The van der Waals surface area contributed by atoms with Crippen molar-refractivity contribution < 1.29 is 19.1 Å². The van der Waals surface area contributed by atoms with E-state index in [-0.39, 0.29) is 30.7 Å². The molecule has 6 heteroatoms. The van der Waals surface area contributed by atoms with Crippen LogP contribution in [0, 0.1) is 6.92 Å². The molecule has 0 fully saturated rings. The third kappa shape index (κ3) is 4.83. The number of hydrogen-bond donors (Lipinski definition) is 1. The maximum absolute atomic E-state index is 12.5. The third-order valence-corrected chi connectivity index (χ3v) is 4.83. The number of amides is 3. The summed E-state index contributed by atoms with van der Waals surface area (Å²) >= 11 is 0. The van der Waals surface area contributed by atoms with Crippen LogP contribution in [0.2, 0.25) is 0 Å². The summed E-state index contributed by atoms with van der Waals surface area (Å²) in [5.74, 6) is -0.113. The fourth-order valence-corrected chi connectivity index (χ4v) is 3.24. The fourth-order valence-electron chi connectivity index (χ4n) is 3.24. The number of nitrogens with one attached hydrogen (secondary N) is 1. The number of benzene rings is 2. The molecule has 3 rings (SSSR count). The van der Waals surface area contributed by atoms with Crippen LogP contribution in [-0.2, 0) is 4.79 Å². The van der Waals surface area contributed by atoms with E-state index in [1.807, 2.05) is 31.2 Å². The van der Waals surface area contributed by atoms with Crippen molar-refractivity contribution in [3.8, 4) is 5.75 Å². The van der Waals surface area contributed by atoms with E-state index in [2.05, 4.69) is 12.2 Å². The number of carbonyl (C=O) groups excluding carboxylic acids is 3. The standard InChI is InChI=1S/C23H26N2O4/c1-3-4-14-29-20-9-6-5-8-19(20)24-21(26)10-7-13-25-22(27)17-12-11-16(2)15-18(17)23(25)28/h5-6,8-9,11-12,15H,3-4,7,10,13-14H2,1-2H3,(H,24,26). The van der Waals surface area contributed by atoms with E-state index in [1.165, 1.54) is 4.90 Å². The van der Waals surface area contributed by atoms with Crippen molar-refractivity contribution in [1.82, 2.24) is 4.90 Å². The number of rotatable bonds is 9. The van der Waals surface area contributed by atoms with Crippen molar-refractivity contribution >= 4 is 23.4 Å². The van der Waals surface area contributed by atoms with Crippen LogP contribution in [0.25, 0.3) is 0 Å². The molecule has 0 atom stereocenters. The van der Waals surface area contributed by atoms with E-state index in [0.717, 1.165) is 18.4 Å². The van der Waals surface area contributed by atoms with Crippen LogP contribution in [0.4, 0.5) is 5.69 Å². The zero-order valence-electron chi connectivity index (χ0n) is 16.9. The average molecular weight is 394 g/mol. The van der Waals surface area contributed by atoms with Gasteiger partial charge in [0.05, 0.1) is 23.4 Å². The van der Waals surface area contributed by atoms with Gasteiger partial charge in [-0.25, -0.2) is 0 Å². The molecule has 0 aromatic heterocycles. The number of ether oxygens (including phenoxy) is 1. The maximum Gasteiger partial charge on any atom is 0.261 e. The van der Waals surface area contributed by atoms with Gasteiger partial charge >= 0.3 is 0 Å². The second-order valence-corrected chi connectivity index (χ2v) is 7.16. The summed E-state index contributed by atoms with van der Waals surface area (Å²) in [6.45, 7) is 4.79. The number of anilines is 1. The summed E-state index contributed by atoms with van der Waals surface area (Å²) < 4.78 is 5.73. The Morgan fingerprint density at radius 3 is 2.59 bits per heavy atom. The van der Waals surface area contributed by atoms with Crippen LogP contribution in [0.15, 0.2) is 42.5 Å². The highest BCUT2D eigenvalue weighted by molar-refractivity contribution is 6.21. The molecule has 2 aromatic rings. The van der Waals surface area contributed by atoms with E-state index in [4.69, 9.17) is 4.74 Å². The van der Waals surface area contributed by atoms with Gasteiger partial charge in [-0.15, -0.1) is 0 Å². The van der Waals surface area contributed by atoms with Gasteiger partial charge in [-0.2, -0.15) is 0 Å². The molecule has 152 valence electrons. The predicted molar refractivity (Wildman–Crippen MR) is 111 cm³/mol. The average Bonchev–Trinajstić information content (AvgIpc) is 2.93. The lowest BCUT2D eigenvalue weighted by atomic mass is 10.1. The van der Waals surface area contributed by atoms with Crippen molar-refractivity contribution in [3.05, 3.63) is 59.2 Å². The second kappa shape index (κ2) is 9.37. The van der Waals surface area contributed by atoms with E-state index >= 15 is 0 Å². The molecule has 1 N–H and O–H groups in total. The molecule has 0 spiro atoms. The van der Waals surface area contributed by atoms with Crippen molar-refractivity contribution in [2.75, 3.05) is 18.5 Å². The summed E-state index contributed by atoms with van der Waals surface area (Å²) in [6.07, 6.45) is 2.58. The van der Waals surface area contributed by atoms with Crippen LogP contribution < -0.4 is 10.1 Å². The molecular weight excluding hydrogens is 368 g/mol. The Balaban J connectivity index is 1.52. The molecule has 0 radical (unpaired) electrons. The van der Waals surface area contributed by atoms with Crippen molar-refractivity contribution in [2.24, 2.45) is 0 Å². The van der Waals surface area contributed by atoms with E-state index in [1.54, 1.807) is 18.2 Å². The Bertz CT molecular complexity index is 923. The van der Waals surface area contributed by atoms with Gasteiger partial charge in [0.15, 0.2) is 0 Å². The van der Waals surface area contributed by atoms with E-state index < -0.39 is 0 Å². The van der Waals surface area contributed by atoms with Gasteiger partial charge in [0.2, 0.25) is 5.91 Å². The van der Waals surface area contributed by atoms with Gasteiger partial charge in [0.25, 0.3) is 11.8 Å². The molecule has 0 bridgehead atoms. The first-order chi connectivity index (χ1) is 14.0. The van der Waals surface area contributed by atoms with Gasteiger partial charge in [-0.05, 0) is 44.0 Å². The third-order valence-electron chi connectivity index (χ3n) is 4.83. The van der Waals surface area contributed by atoms with Crippen molar-refractivity contribution in [2.45, 2.75) is 39.5 Å². The number of hydrogen-bond acceptors (Lipinski definition) is 4. The number of imide groups is 1. The smallest absolute Gasteiger partial charge is 0.261 e. The van der Waals surface area contributed by atoms with Crippen LogP contribution >= 0.6 is 0 Å². The van der Waals surface area contributed by atoms with Gasteiger partial charge in [0, 0.05) is 13.0 Å². The molecule has 0 saturated heterocycles. The van der Waals surface area contributed by atoms with Crippen LogP contribution in [-0.4, -0.2) is 35.8 Å². The Hall–Kier alpha value is -3.15. The Morgan fingerprint density at radius 2 is 1.79 bits per heavy atom. The van der Waals surface area contributed by atoms with Crippen LogP contribution in [0.5, 0.6) is 5.75 Å². The molecule has 1 aliphatic heterocycles. The predicted octanol–water partition coefficient (Wildman–Crippen LogP) is 4.19.